The van der Waals surface area contributed by atoms with Crippen LogP contribution in [0.4, 0.5) is 0 Å². The molecule has 0 aliphatic carbocycles. The quantitative estimate of drug-likeness (QED) is 0.633. The number of nitriles is 1. The summed E-state index contributed by atoms with van der Waals surface area (Å²) in [5.74, 6) is -0.436. The number of methoxy groups -OCH3 is 1. The van der Waals surface area contributed by atoms with Gasteiger partial charge in [-0.2, -0.15) is 5.26 Å². The third-order valence-electron chi connectivity index (χ3n) is 2.97. The van der Waals surface area contributed by atoms with Gasteiger partial charge in [-0.05, 0) is 40.2 Å². The lowest BCUT2D eigenvalue weighted by Gasteiger charge is -2.04. The summed E-state index contributed by atoms with van der Waals surface area (Å²) < 4.78 is 7.09. The number of aromatic nitrogens is 2. The van der Waals surface area contributed by atoms with Gasteiger partial charge in [-0.1, -0.05) is 6.07 Å². The molecule has 0 fully saturated rings. The highest BCUT2D eigenvalue weighted by atomic mass is 79.9. The van der Waals surface area contributed by atoms with Crippen molar-refractivity contribution in [1.82, 2.24) is 9.55 Å². The lowest BCUT2D eigenvalue weighted by molar-refractivity contribution is 0.0590. The molecule has 0 amide bonds. The van der Waals surface area contributed by atoms with Crippen molar-refractivity contribution in [3.05, 3.63) is 52.0 Å². The van der Waals surface area contributed by atoms with Crippen LogP contribution in [0.25, 0.3) is 11.6 Å². The molecule has 0 N–H and O–H groups in total. The van der Waals surface area contributed by atoms with Crippen LogP contribution in [0.3, 0.4) is 0 Å². The predicted molar refractivity (Wildman–Crippen MR) is 82.2 cm³/mol. The van der Waals surface area contributed by atoms with E-state index in [4.69, 9.17) is 4.74 Å². The Morgan fingerprint density at radius 3 is 2.86 bits per heavy atom. The molecule has 0 aliphatic heterocycles. The second kappa shape index (κ2) is 6.37. The maximum atomic E-state index is 11.7. The molecule has 0 saturated carbocycles. The minimum atomic E-state index is -0.436. The summed E-state index contributed by atoms with van der Waals surface area (Å²) >= 11 is 3.39. The third-order valence-corrected chi connectivity index (χ3v) is 3.60. The molecular formula is C15H12BrN3O2. The number of hydrogen-bond donors (Lipinski definition) is 0. The van der Waals surface area contributed by atoms with Crippen molar-refractivity contribution in [2.45, 2.75) is 0 Å². The molecule has 0 aliphatic rings. The second-order valence-electron chi connectivity index (χ2n) is 4.20. The SMILES string of the molecule is COC(=O)c1cc(Br)c(/C=C(\C#N)c2ccccn2)n1C. The van der Waals surface area contributed by atoms with Crippen LogP contribution in [-0.4, -0.2) is 22.6 Å². The zero-order valence-electron chi connectivity index (χ0n) is 11.5. The lowest BCUT2D eigenvalue weighted by Crippen LogP contribution is -2.08. The summed E-state index contributed by atoms with van der Waals surface area (Å²) in [6.07, 6.45) is 3.30. The molecule has 0 saturated heterocycles. The van der Waals surface area contributed by atoms with Crippen molar-refractivity contribution in [3.63, 3.8) is 0 Å². The summed E-state index contributed by atoms with van der Waals surface area (Å²) in [4.78, 5) is 15.8. The Morgan fingerprint density at radius 1 is 1.52 bits per heavy atom. The number of carbonyl (C=O) groups excluding carboxylic acids is 1. The summed E-state index contributed by atoms with van der Waals surface area (Å²) in [6, 6.07) is 9.13. The lowest BCUT2D eigenvalue weighted by atomic mass is 10.1. The molecule has 2 aromatic heterocycles. The molecule has 2 heterocycles. The Labute approximate surface area is 130 Å². The number of esters is 1. The molecular weight excluding hydrogens is 334 g/mol. The van der Waals surface area contributed by atoms with E-state index in [-0.39, 0.29) is 0 Å². The van der Waals surface area contributed by atoms with Gasteiger partial charge in [0.1, 0.15) is 11.8 Å². The zero-order valence-corrected chi connectivity index (χ0v) is 13.1. The topological polar surface area (TPSA) is 67.9 Å². The Balaban J connectivity index is 2.52. The van der Waals surface area contributed by atoms with Crippen LogP contribution < -0.4 is 0 Å². The molecule has 2 rings (SSSR count). The monoisotopic (exact) mass is 345 g/mol. The number of nitrogens with zero attached hydrogens (tertiary/aromatic N) is 3. The number of hydrogen-bond acceptors (Lipinski definition) is 4. The first kappa shape index (κ1) is 15.0. The van der Waals surface area contributed by atoms with Crippen molar-refractivity contribution in [3.8, 4) is 6.07 Å². The molecule has 2 aromatic rings. The molecule has 0 aromatic carbocycles. The maximum Gasteiger partial charge on any atom is 0.354 e. The van der Waals surface area contributed by atoms with Gasteiger partial charge in [-0.15, -0.1) is 0 Å². The highest BCUT2D eigenvalue weighted by Crippen LogP contribution is 2.26. The predicted octanol–water partition coefficient (Wildman–Crippen LogP) is 3.03. The van der Waals surface area contributed by atoms with Gasteiger partial charge in [0.2, 0.25) is 0 Å². The van der Waals surface area contributed by atoms with E-state index in [9.17, 15) is 10.1 Å². The molecule has 0 bridgehead atoms. The fourth-order valence-corrected chi connectivity index (χ4v) is 2.47. The fraction of sp³-hybridized carbons (Fsp3) is 0.133. The van der Waals surface area contributed by atoms with Crippen LogP contribution in [0.15, 0.2) is 34.9 Å². The van der Waals surface area contributed by atoms with Crippen molar-refractivity contribution in [2.24, 2.45) is 7.05 Å². The third kappa shape index (κ3) is 3.03. The molecule has 21 heavy (non-hydrogen) atoms. The highest BCUT2D eigenvalue weighted by molar-refractivity contribution is 9.10. The van der Waals surface area contributed by atoms with E-state index in [0.717, 1.165) is 0 Å². The molecule has 0 spiro atoms. The number of ether oxygens (including phenoxy) is 1. The van der Waals surface area contributed by atoms with Crippen molar-refractivity contribution in [2.75, 3.05) is 7.11 Å². The van der Waals surface area contributed by atoms with E-state index >= 15 is 0 Å². The van der Waals surface area contributed by atoms with Gasteiger partial charge in [0.15, 0.2) is 0 Å². The van der Waals surface area contributed by atoms with Crippen molar-refractivity contribution >= 4 is 33.5 Å². The normalized spacial score (nSPS) is 11.0. The fourth-order valence-electron chi connectivity index (χ4n) is 1.87. The first-order chi connectivity index (χ1) is 10.1. The first-order valence-corrected chi connectivity index (χ1v) is 6.84. The van der Waals surface area contributed by atoms with Crippen LogP contribution in [0.1, 0.15) is 21.9 Å². The van der Waals surface area contributed by atoms with Gasteiger partial charge in [0.05, 0.1) is 24.1 Å². The largest absolute Gasteiger partial charge is 0.464 e. The van der Waals surface area contributed by atoms with E-state index < -0.39 is 5.97 Å². The molecule has 0 atom stereocenters. The first-order valence-electron chi connectivity index (χ1n) is 6.05. The maximum absolute atomic E-state index is 11.7. The molecule has 0 radical (unpaired) electrons. The van der Waals surface area contributed by atoms with Crippen LogP contribution in [-0.2, 0) is 11.8 Å². The number of allylic oxidation sites excluding steroid dienone is 1. The van der Waals surface area contributed by atoms with Gasteiger partial charge in [0, 0.05) is 17.7 Å². The second-order valence-corrected chi connectivity index (χ2v) is 5.05. The van der Waals surface area contributed by atoms with Crippen LogP contribution in [0.2, 0.25) is 0 Å². The van der Waals surface area contributed by atoms with E-state index in [0.29, 0.717) is 27.1 Å². The van der Waals surface area contributed by atoms with E-state index in [1.807, 2.05) is 6.07 Å². The van der Waals surface area contributed by atoms with E-state index in [2.05, 4.69) is 27.0 Å². The van der Waals surface area contributed by atoms with Crippen LogP contribution >= 0.6 is 15.9 Å². The molecule has 106 valence electrons. The van der Waals surface area contributed by atoms with Gasteiger partial charge < -0.3 is 9.30 Å². The van der Waals surface area contributed by atoms with Gasteiger partial charge >= 0.3 is 5.97 Å². The standard InChI is InChI=1S/C15H12BrN3O2/c1-19-13(11(16)8-14(19)15(20)21-2)7-10(9-17)12-5-3-4-6-18-12/h3-8H,1-2H3/b10-7+. The Bertz CT molecular complexity index is 742. The summed E-state index contributed by atoms with van der Waals surface area (Å²) in [7, 11) is 3.06. The smallest absolute Gasteiger partial charge is 0.354 e. The van der Waals surface area contributed by atoms with Crippen LogP contribution in [0.5, 0.6) is 0 Å². The van der Waals surface area contributed by atoms with E-state index in [1.165, 1.54) is 7.11 Å². The average molecular weight is 346 g/mol. The number of carbonyl (C=O) groups is 1. The molecule has 6 heteroatoms. The number of pyridine rings is 1. The zero-order chi connectivity index (χ0) is 15.4. The summed E-state index contributed by atoms with van der Waals surface area (Å²) in [5, 5.41) is 9.31. The van der Waals surface area contributed by atoms with Crippen molar-refractivity contribution < 1.29 is 9.53 Å². The minimum Gasteiger partial charge on any atom is -0.464 e. The van der Waals surface area contributed by atoms with Gasteiger partial charge in [0.25, 0.3) is 0 Å². The van der Waals surface area contributed by atoms with Crippen LogP contribution in [0, 0.1) is 11.3 Å². The van der Waals surface area contributed by atoms with Gasteiger partial charge in [-0.3, -0.25) is 4.98 Å². The Hall–Kier alpha value is -2.39. The average Bonchev–Trinajstić information content (AvgIpc) is 2.80. The minimum absolute atomic E-state index is 0.397. The summed E-state index contributed by atoms with van der Waals surface area (Å²) in [6.45, 7) is 0. The van der Waals surface area contributed by atoms with Gasteiger partial charge in [-0.25, -0.2) is 4.79 Å². The Kier molecular flexibility index (Phi) is 4.55. The van der Waals surface area contributed by atoms with E-state index in [1.54, 1.807) is 42.1 Å². The number of rotatable bonds is 3. The summed E-state index contributed by atoms with van der Waals surface area (Å²) in [5.41, 5.74) is 2.08. The Morgan fingerprint density at radius 2 is 2.29 bits per heavy atom. The van der Waals surface area contributed by atoms with Crippen molar-refractivity contribution in [1.29, 1.82) is 5.26 Å². The molecule has 5 nitrogen and oxygen atoms in total. The number of halogens is 1. The molecule has 0 unspecified atom stereocenters. The highest BCUT2D eigenvalue weighted by Gasteiger charge is 2.16.